The first-order chi connectivity index (χ1) is 10.1. The van der Waals surface area contributed by atoms with Crippen LogP contribution in [0.2, 0.25) is 0 Å². The number of ether oxygens (including phenoxy) is 1. The topological polar surface area (TPSA) is 50.3 Å². The van der Waals surface area contributed by atoms with Gasteiger partial charge in [0.2, 0.25) is 0 Å². The molecule has 2 heterocycles. The Bertz CT molecular complexity index is 452. The van der Waals surface area contributed by atoms with Crippen molar-refractivity contribution in [1.29, 1.82) is 0 Å². The molecule has 0 saturated carbocycles. The Labute approximate surface area is 128 Å². The molecule has 0 amide bonds. The van der Waals surface area contributed by atoms with Crippen LogP contribution in [0.15, 0.2) is 6.07 Å². The molecule has 2 atom stereocenters. The van der Waals surface area contributed by atoms with Crippen LogP contribution in [0.5, 0.6) is 0 Å². The zero-order chi connectivity index (χ0) is 15.2. The first kappa shape index (κ1) is 16.0. The predicted octanol–water partition coefficient (Wildman–Crippen LogP) is 2.93. The number of nitrogens with zero attached hydrogens (tertiary/aromatic N) is 3. The molecule has 1 aromatic rings. The Morgan fingerprint density at radius 2 is 2.10 bits per heavy atom. The molecule has 0 spiro atoms. The molecule has 118 valence electrons. The number of hydrogen-bond donors (Lipinski definition) is 1. The van der Waals surface area contributed by atoms with Crippen molar-refractivity contribution in [3.63, 3.8) is 0 Å². The van der Waals surface area contributed by atoms with E-state index >= 15 is 0 Å². The van der Waals surface area contributed by atoms with Gasteiger partial charge in [-0.05, 0) is 32.1 Å². The fraction of sp³-hybridized carbons (Fsp3) is 0.750. The molecule has 1 aliphatic rings. The summed E-state index contributed by atoms with van der Waals surface area (Å²) in [6, 6.07) is 2.06. The lowest BCUT2D eigenvalue weighted by Gasteiger charge is -2.36. The van der Waals surface area contributed by atoms with Crippen LogP contribution >= 0.6 is 0 Å². The Morgan fingerprint density at radius 3 is 2.76 bits per heavy atom. The summed E-state index contributed by atoms with van der Waals surface area (Å²) in [4.78, 5) is 11.6. The minimum absolute atomic E-state index is 0.475. The van der Waals surface area contributed by atoms with Gasteiger partial charge in [-0.15, -0.1) is 0 Å². The van der Waals surface area contributed by atoms with Crippen LogP contribution in [0.4, 0.5) is 11.6 Å². The summed E-state index contributed by atoms with van der Waals surface area (Å²) in [5, 5.41) is 3.29. The highest BCUT2D eigenvalue weighted by Gasteiger charge is 2.24. The van der Waals surface area contributed by atoms with Crippen molar-refractivity contribution in [2.24, 2.45) is 11.8 Å². The van der Waals surface area contributed by atoms with Crippen molar-refractivity contribution < 1.29 is 4.74 Å². The van der Waals surface area contributed by atoms with Gasteiger partial charge in [-0.1, -0.05) is 13.8 Å². The third-order valence-corrected chi connectivity index (χ3v) is 4.21. The Kier molecular flexibility index (Phi) is 5.79. The lowest BCUT2D eigenvalue weighted by atomic mass is 9.89. The highest BCUT2D eigenvalue weighted by atomic mass is 16.5. The molecule has 0 radical (unpaired) electrons. The summed E-state index contributed by atoms with van der Waals surface area (Å²) in [6.07, 6.45) is 1.22. The second kappa shape index (κ2) is 7.59. The fourth-order valence-electron chi connectivity index (χ4n) is 2.65. The van der Waals surface area contributed by atoms with Crippen molar-refractivity contribution in [2.45, 2.75) is 40.7 Å². The summed E-state index contributed by atoms with van der Waals surface area (Å²) in [5.74, 6) is 4.17. The number of hydrogen-bond acceptors (Lipinski definition) is 5. The molecule has 0 aromatic carbocycles. The Balaban J connectivity index is 2.18. The van der Waals surface area contributed by atoms with Crippen molar-refractivity contribution in [3.8, 4) is 0 Å². The maximum absolute atomic E-state index is 5.46. The summed E-state index contributed by atoms with van der Waals surface area (Å²) in [7, 11) is 0. The van der Waals surface area contributed by atoms with E-state index in [2.05, 4.69) is 47.0 Å². The summed E-state index contributed by atoms with van der Waals surface area (Å²) in [5.41, 5.74) is 0. The smallest absolute Gasteiger partial charge is 0.158 e. The van der Waals surface area contributed by atoms with E-state index in [-0.39, 0.29) is 0 Å². The molecule has 1 aliphatic heterocycles. The molecule has 2 rings (SSSR count). The van der Waals surface area contributed by atoms with Crippen LogP contribution in [-0.4, -0.2) is 36.2 Å². The van der Waals surface area contributed by atoms with E-state index in [1.807, 2.05) is 6.92 Å². The molecule has 1 aromatic heterocycles. The molecule has 2 unspecified atom stereocenters. The number of nitrogens with one attached hydrogen (secondary N) is 1. The number of piperidine rings is 1. The van der Waals surface area contributed by atoms with Crippen molar-refractivity contribution >= 4 is 11.6 Å². The molecular formula is C16H28N4O. The molecule has 0 aliphatic carbocycles. The minimum Gasteiger partial charge on any atom is -0.374 e. The molecule has 21 heavy (non-hydrogen) atoms. The average molecular weight is 292 g/mol. The number of rotatable bonds is 6. The van der Waals surface area contributed by atoms with E-state index in [4.69, 9.17) is 4.74 Å². The number of anilines is 2. The maximum atomic E-state index is 5.46. The lowest BCUT2D eigenvalue weighted by Crippen LogP contribution is -2.39. The number of aromatic nitrogens is 2. The van der Waals surface area contributed by atoms with Gasteiger partial charge < -0.3 is 15.0 Å². The second-order valence-corrected chi connectivity index (χ2v) is 5.88. The summed E-state index contributed by atoms with van der Waals surface area (Å²) < 4.78 is 5.46. The highest BCUT2D eigenvalue weighted by Crippen LogP contribution is 2.27. The van der Waals surface area contributed by atoms with Gasteiger partial charge in [0, 0.05) is 32.3 Å². The third-order valence-electron chi connectivity index (χ3n) is 4.21. The van der Waals surface area contributed by atoms with Crippen LogP contribution in [0.3, 0.4) is 0 Å². The largest absolute Gasteiger partial charge is 0.374 e. The van der Waals surface area contributed by atoms with E-state index < -0.39 is 0 Å². The maximum Gasteiger partial charge on any atom is 0.158 e. The first-order valence-corrected chi connectivity index (χ1v) is 8.08. The van der Waals surface area contributed by atoms with Gasteiger partial charge in [0.05, 0.1) is 0 Å². The Hall–Kier alpha value is -1.36. The van der Waals surface area contributed by atoms with Crippen LogP contribution in [-0.2, 0) is 11.3 Å². The fourth-order valence-corrected chi connectivity index (χ4v) is 2.65. The zero-order valence-electron chi connectivity index (χ0n) is 13.7. The standard InChI is InChI=1S/C16H28N4O/c1-5-17-14-9-16(19-15(18-14)11-21-6-2)20-8-7-12(3)13(4)10-20/h9,12-13H,5-8,10-11H2,1-4H3,(H,17,18,19). The average Bonchev–Trinajstić information content (AvgIpc) is 2.48. The van der Waals surface area contributed by atoms with Crippen molar-refractivity contribution in [1.82, 2.24) is 9.97 Å². The molecule has 5 heteroatoms. The van der Waals surface area contributed by atoms with E-state index in [0.29, 0.717) is 19.1 Å². The van der Waals surface area contributed by atoms with Crippen LogP contribution < -0.4 is 10.2 Å². The second-order valence-electron chi connectivity index (χ2n) is 5.88. The molecule has 1 saturated heterocycles. The molecular weight excluding hydrogens is 264 g/mol. The van der Waals surface area contributed by atoms with Gasteiger partial charge in [-0.2, -0.15) is 0 Å². The summed E-state index contributed by atoms with van der Waals surface area (Å²) in [6.45, 7) is 12.9. The van der Waals surface area contributed by atoms with Crippen LogP contribution in [0.1, 0.15) is 39.9 Å². The SMILES string of the molecule is CCNc1cc(N2CCC(C)C(C)C2)nc(COCC)n1. The zero-order valence-corrected chi connectivity index (χ0v) is 13.7. The van der Waals surface area contributed by atoms with Crippen LogP contribution in [0, 0.1) is 11.8 Å². The van der Waals surface area contributed by atoms with Gasteiger partial charge in [0.15, 0.2) is 5.82 Å². The predicted molar refractivity (Wildman–Crippen MR) is 86.7 cm³/mol. The quantitative estimate of drug-likeness (QED) is 0.873. The molecule has 5 nitrogen and oxygen atoms in total. The van der Waals surface area contributed by atoms with Crippen molar-refractivity contribution in [3.05, 3.63) is 11.9 Å². The van der Waals surface area contributed by atoms with Gasteiger partial charge in [-0.3, -0.25) is 0 Å². The van der Waals surface area contributed by atoms with Crippen molar-refractivity contribution in [2.75, 3.05) is 36.5 Å². The molecule has 0 bridgehead atoms. The van der Waals surface area contributed by atoms with E-state index in [0.717, 1.165) is 43.0 Å². The van der Waals surface area contributed by atoms with Crippen LogP contribution in [0.25, 0.3) is 0 Å². The molecule has 1 N–H and O–H groups in total. The Morgan fingerprint density at radius 1 is 1.29 bits per heavy atom. The lowest BCUT2D eigenvalue weighted by molar-refractivity contribution is 0.128. The van der Waals surface area contributed by atoms with Gasteiger partial charge >= 0.3 is 0 Å². The highest BCUT2D eigenvalue weighted by molar-refractivity contribution is 5.49. The van der Waals surface area contributed by atoms with E-state index in [9.17, 15) is 0 Å². The van der Waals surface area contributed by atoms with Gasteiger partial charge in [-0.25, -0.2) is 9.97 Å². The van der Waals surface area contributed by atoms with E-state index in [1.54, 1.807) is 0 Å². The minimum atomic E-state index is 0.475. The van der Waals surface area contributed by atoms with Gasteiger partial charge in [0.1, 0.15) is 18.2 Å². The van der Waals surface area contributed by atoms with E-state index in [1.165, 1.54) is 6.42 Å². The summed E-state index contributed by atoms with van der Waals surface area (Å²) >= 11 is 0. The van der Waals surface area contributed by atoms with Gasteiger partial charge in [0.25, 0.3) is 0 Å². The monoisotopic (exact) mass is 292 g/mol. The normalized spacial score (nSPS) is 22.4. The third kappa shape index (κ3) is 4.30. The first-order valence-electron chi connectivity index (χ1n) is 8.08. The molecule has 1 fully saturated rings.